The minimum atomic E-state index is -2.93. The van der Waals surface area contributed by atoms with E-state index >= 15 is 0 Å². The van der Waals surface area contributed by atoms with Crippen molar-refractivity contribution in [2.45, 2.75) is 64.3 Å². The quantitative estimate of drug-likeness (QED) is 0.779. The molecule has 1 saturated heterocycles. The first kappa shape index (κ1) is 17.2. The predicted octanol–water partition coefficient (Wildman–Crippen LogP) is 1.91. The van der Waals surface area contributed by atoms with Crippen molar-refractivity contribution in [2.75, 3.05) is 25.4 Å². The zero-order chi connectivity index (χ0) is 15.6. The van der Waals surface area contributed by atoms with E-state index < -0.39 is 9.84 Å². The number of rotatable bonds is 7. The van der Waals surface area contributed by atoms with Crippen LogP contribution in [0.5, 0.6) is 0 Å². The largest absolute Gasteiger partial charge is 0.311 e. The van der Waals surface area contributed by atoms with Crippen LogP contribution in [0.3, 0.4) is 0 Å². The second-order valence-electron chi connectivity index (χ2n) is 7.55. The number of nitrogens with one attached hydrogen (secondary N) is 1. The molecule has 0 aromatic carbocycles. The first-order chi connectivity index (χ1) is 9.79. The fourth-order valence-corrected chi connectivity index (χ4v) is 4.19. The molecule has 0 aromatic rings. The molecule has 2 rings (SSSR count). The number of hydrogen-bond donors (Lipinski definition) is 1. The van der Waals surface area contributed by atoms with Gasteiger partial charge < -0.3 is 5.32 Å². The maximum atomic E-state index is 12.1. The third-order valence-corrected chi connectivity index (χ3v) is 7.07. The highest BCUT2D eigenvalue weighted by molar-refractivity contribution is 7.92. The van der Waals surface area contributed by atoms with Crippen LogP contribution in [-0.4, -0.2) is 56.0 Å². The smallest absolute Gasteiger partial charge is 0.153 e. The second kappa shape index (κ2) is 6.97. The molecule has 0 amide bonds. The molecule has 2 unspecified atom stereocenters. The fraction of sp³-hybridized carbons (Fsp3) is 1.00. The van der Waals surface area contributed by atoms with Crippen molar-refractivity contribution >= 4 is 9.84 Å². The lowest BCUT2D eigenvalue weighted by Gasteiger charge is -2.41. The van der Waals surface area contributed by atoms with Crippen molar-refractivity contribution in [1.29, 1.82) is 0 Å². The summed E-state index contributed by atoms with van der Waals surface area (Å²) in [5.41, 5.74) is 0. The van der Waals surface area contributed by atoms with Gasteiger partial charge in [-0.1, -0.05) is 13.8 Å². The molecule has 4 nitrogen and oxygen atoms in total. The molecule has 124 valence electrons. The van der Waals surface area contributed by atoms with E-state index in [9.17, 15) is 8.42 Å². The molecule has 1 aliphatic carbocycles. The third-order valence-electron chi connectivity index (χ3n) is 4.88. The lowest BCUT2D eigenvalue weighted by Crippen LogP contribution is -2.58. The van der Waals surface area contributed by atoms with Crippen LogP contribution >= 0.6 is 0 Å². The van der Waals surface area contributed by atoms with Crippen LogP contribution in [0.15, 0.2) is 0 Å². The van der Waals surface area contributed by atoms with Crippen molar-refractivity contribution in [3.05, 3.63) is 0 Å². The van der Waals surface area contributed by atoms with Gasteiger partial charge in [-0.2, -0.15) is 0 Å². The number of hydrogen-bond acceptors (Lipinski definition) is 4. The number of sulfone groups is 1. The average molecular weight is 317 g/mol. The van der Waals surface area contributed by atoms with Crippen molar-refractivity contribution in [1.82, 2.24) is 10.2 Å². The lowest BCUT2D eigenvalue weighted by atomic mass is 9.98. The van der Waals surface area contributed by atoms with E-state index in [0.717, 1.165) is 25.4 Å². The highest BCUT2D eigenvalue weighted by Crippen LogP contribution is 2.34. The molecule has 0 bridgehead atoms. The van der Waals surface area contributed by atoms with Gasteiger partial charge in [0.1, 0.15) is 0 Å². The Hall–Kier alpha value is -0.130. The summed E-state index contributed by atoms with van der Waals surface area (Å²) >= 11 is 0. The maximum absolute atomic E-state index is 12.1. The van der Waals surface area contributed by atoms with Crippen molar-refractivity contribution < 1.29 is 8.42 Å². The summed E-state index contributed by atoms with van der Waals surface area (Å²) in [6.45, 7) is 10.8. The van der Waals surface area contributed by atoms with Gasteiger partial charge in [-0.15, -0.1) is 0 Å². The van der Waals surface area contributed by atoms with Gasteiger partial charge in [-0.05, 0) is 44.9 Å². The summed E-state index contributed by atoms with van der Waals surface area (Å²) in [5, 5.41) is 3.43. The summed E-state index contributed by atoms with van der Waals surface area (Å²) in [5.74, 6) is 1.78. The summed E-state index contributed by atoms with van der Waals surface area (Å²) < 4.78 is 24.2. The first-order valence-corrected chi connectivity index (χ1v) is 10.2. The van der Waals surface area contributed by atoms with Gasteiger partial charge in [-0.3, -0.25) is 4.90 Å². The normalized spacial score (nSPS) is 28.5. The molecule has 2 aliphatic rings. The van der Waals surface area contributed by atoms with Gasteiger partial charge in [0.2, 0.25) is 0 Å². The summed E-state index contributed by atoms with van der Waals surface area (Å²) in [7, 11) is -2.93. The van der Waals surface area contributed by atoms with Crippen LogP contribution in [-0.2, 0) is 9.84 Å². The zero-order valence-electron chi connectivity index (χ0n) is 14.0. The summed E-state index contributed by atoms with van der Waals surface area (Å²) in [6.07, 6.45) is 3.82. The molecule has 0 radical (unpaired) electrons. The minimum Gasteiger partial charge on any atom is -0.311 e. The Morgan fingerprint density at radius 3 is 2.38 bits per heavy atom. The Balaban J connectivity index is 1.95. The Morgan fingerprint density at radius 2 is 1.86 bits per heavy atom. The molecule has 1 heterocycles. The SMILES string of the molecule is CC(C)CC1CNC(C2CC2)CN1CCS(=O)(=O)C(C)C. The molecular weight excluding hydrogens is 284 g/mol. The predicted molar refractivity (Wildman–Crippen MR) is 88.3 cm³/mol. The van der Waals surface area contributed by atoms with Crippen LogP contribution in [0.4, 0.5) is 0 Å². The average Bonchev–Trinajstić information content (AvgIpc) is 3.21. The second-order valence-corrected chi connectivity index (χ2v) is 10.2. The van der Waals surface area contributed by atoms with Gasteiger partial charge in [0, 0.05) is 31.7 Å². The van der Waals surface area contributed by atoms with Crippen LogP contribution in [0, 0.1) is 11.8 Å². The molecule has 0 aromatic heterocycles. The Kier molecular flexibility index (Phi) is 5.71. The zero-order valence-corrected chi connectivity index (χ0v) is 14.8. The molecule has 21 heavy (non-hydrogen) atoms. The van der Waals surface area contributed by atoms with Gasteiger partial charge in [0.05, 0.1) is 11.0 Å². The standard InChI is InChI=1S/C16H32N2O2S/c1-12(2)9-15-10-17-16(14-5-6-14)11-18(15)7-8-21(19,20)13(3)4/h12-17H,5-11H2,1-4H3. The van der Waals surface area contributed by atoms with Crippen LogP contribution < -0.4 is 5.32 Å². The maximum Gasteiger partial charge on any atom is 0.153 e. The van der Waals surface area contributed by atoms with E-state index in [1.54, 1.807) is 13.8 Å². The Morgan fingerprint density at radius 1 is 1.19 bits per heavy atom. The molecule has 2 fully saturated rings. The van der Waals surface area contributed by atoms with Crippen molar-refractivity contribution in [2.24, 2.45) is 11.8 Å². The van der Waals surface area contributed by atoms with E-state index in [1.165, 1.54) is 12.8 Å². The van der Waals surface area contributed by atoms with Gasteiger partial charge in [0.15, 0.2) is 9.84 Å². The van der Waals surface area contributed by atoms with E-state index in [1.807, 2.05) is 0 Å². The lowest BCUT2D eigenvalue weighted by molar-refractivity contribution is 0.114. The highest BCUT2D eigenvalue weighted by Gasteiger charge is 2.37. The first-order valence-electron chi connectivity index (χ1n) is 8.48. The van der Waals surface area contributed by atoms with Gasteiger partial charge >= 0.3 is 0 Å². The minimum absolute atomic E-state index is 0.261. The van der Waals surface area contributed by atoms with Crippen molar-refractivity contribution in [3.63, 3.8) is 0 Å². The molecule has 1 aliphatic heterocycles. The number of piperazine rings is 1. The highest BCUT2D eigenvalue weighted by atomic mass is 32.2. The molecule has 5 heteroatoms. The fourth-order valence-electron chi connectivity index (χ4n) is 3.23. The Bertz CT molecular complexity index is 430. The monoisotopic (exact) mass is 316 g/mol. The van der Waals surface area contributed by atoms with Crippen molar-refractivity contribution in [3.8, 4) is 0 Å². The van der Waals surface area contributed by atoms with Crippen LogP contribution in [0.2, 0.25) is 0 Å². The molecule has 0 spiro atoms. The van der Waals surface area contributed by atoms with E-state index in [2.05, 4.69) is 24.1 Å². The summed E-state index contributed by atoms with van der Waals surface area (Å²) in [4.78, 5) is 2.44. The molecule has 2 atom stereocenters. The van der Waals surface area contributed by atoms with Gasteiger partial charge in [0.25, 0.3) is 0 Å². The van der Waals surface area contributed by atoms with E-state index in [0.29, 0.717) is 30.3 Å². The van der Waals surface area contributed by atoms with E-state index in [-0.39, 0.29) is 5.25 Å². The Labute approximate surface area is 130 Å². The summed E-state index contributed by atoms with van der Waals surface area (Å²) in [6, 6.07) is 1.07. The third kappa shape index (κ3) is 4.93. The molecular formula is C16H32N2O2S. The molecule has 1 N–H and O–H groups in total. The topological polar surface area (TPSA) is 49.4 Å². The van der Waals surface area contributed by atoms with E-state index in [4.69, 9.17) is 0 Å². The molecule has 1 saturated carbocycles. The number of nitrogens with zero attached hydrogens (tertiary/aromatic N) is 1. The van der Waals surface area contributed by atoms with Crippen LogP contribution in [0.25, 0.3) is 0 Å². The van der Waals surface area contributed by atoms with Gasteiger partial charge in [-0.25, -0.2) is 8.42 Å². The van der Waals surface area contributed by atoms with Crippen LogP contribution in [0.1, 0.15) is 47.0 Å².